The second kappa shape index (κ2) is 6.39. The van der Waals surface area contributed by atoms with Gasteiger partial charge in [-0.2, -0.15) is 0 Å². The molecule has 1 aromatic carbocycles. The third-order valence-corrected chi connectivity index (χ3v) is 5.75. The van der Waals surface area contributed by atoms with Crippen molar-refractivity contribution in [3.63, 3.8) is 0 Å². The van der Waals surface area contributed by atoms with Crippen LogP contribution in [0.1, 0.15) is 61.7 Å². The maximum Gasteiger partial charge on any atom is 0.252 e. The minimum Gasteiger partial charge on any atom is -0.352 e. The first-order valence-corrected chi connectivity index (χ1v) is 8.59. The monoisotopic (exact) mass is 305 g/mol. The van der Waals surface area contributed by atoms with Gasteiger partial charge in [0.1, 0.15) is 0 Å². The highest BCUT2D eigenvalue weighted by Crippen LogP contribution is 2.50. The SMILES string of the molecule is O=C(NCCC12CCCC(CCC1)C2)c1ccccc1Cl. The standard InChI is InChI=1S/C18H24ClNO/c19-16-8-2-1-7-15(16)17(21)20-12-11-18-9-3-5-14(13-18)6-4-10-18/h1-2,7-8,14H,3-6,9-13H2,(H,20,21). The van der Waals surface area contributed by atoms with Gasteiger partial charge >= 0.3 is 0 Å². The molecule has 0 aromatic heterocycles. The number of benzene rings is 1. The van der Waals surface area contributed by atoms with Crippen molar-refractivity contribution in [1.29, 1.82) is 0 Å². The maximum atomic E-state index is 12.2. The molecule has 0 radical (unpaired) electrons. The van der Waals surface area contributed by atoms with E-state index in [1.54, 1.807) is 12.1 Å². The van der Waals surface area contributed by atoms with E-state index in [1.807, 2.05) is 12.1 Å². The second-order valence-corrected chi connectivity index (χ2v) is 7.25. The summed E-state index contributed by atoms with van der Waals surface area (Å²) < 4.78 is 0. The van der Waals surface area contributed by atoms with Crippen LogP contribution >= 0.6 is 11.6 Å². The van der Waals surface area contributed by atoms with Gasteiger partial charge in [0.25, 0.3) is 5.91 Å². The Kier molecular flexibility index (Phi) is 4.54. The summed E-state index contributed by atoms with van der Waals surface area (Å²) in [5.41, 5.74) is 1.09. The average Bonchev–Trinajstić information content (AvgIpc) is 2.47. The van der Waals surface area contributed by atoms with Gasteiger partial charge in [0.05, 0.1) is 10.6 Å². The van der Waals surface area contributed by atoms with Crippen LogP contribution in [-0.4, -0.2) is 12.5 Å². The van der Waals surface area contributed by atoms with E-state index in [9.17, 15) is 4.79 Å². The van der Waals surface area contributed by atoms with Crippen LogP contribution in [0.5, 0.6) is 0 Å². The largest absolute Gasteiger partial charge is 0.352 e. The molecular formula is C18H24ClNO. The number of hydrogen-bond acceptors (Lipinski definition) is 1. The van der Waals surface area contributed by atoms with Crippen molar-refractivity contribution < 1.29 is 4.79 Å². The van der Waals surface area contributed by atoms with Crippen molar-refractivity contribution >= 4 is 17.5 Å². The van der Waals surface area contributed by atoms with Gasteiger partial charge in [-0.25, -0.2) is 0 Å². The number of halogens is 1. The number of rotatable bonds is 4. The fourth-order valence-corrected chi connectivity index (χ4v) is 4.58. The van der Waals surface area contributed by atoms with Gasteiger partial charge in [-0.1, -0.05) is 49.4 Å². The zero-order valence-electron chi connectivity index (χ0n) is 12.5. The summed E-state index contributed by atoms with van der Waals surface area (Å²) in [6.07, 6.45) is 10.8. The van der Waals surface area contributed by atoms with Crippen molar-refractivity contribution in [1.82, 2.24) is 5.32 Å². The molecule has 0 spiro atoms. The summed E-state index contributed by atoms with van der Waals surface area (Å²) in [7, 11) is 0. The lowest BCUT2D eigenvalue weighted by atomic mass is 9.61. The van der Waals surface area contributed by atoms with E-state index in [4.69, 9.17) is 11.6 Å². The molecule has 21 heavy (non-hydrogen) atoms. The fourth-order valence-electron chi connectivity index (χ4n) is 4.36. The Bertz CT molecular complexity index is 504. The highest BCUT2D eigenvalue weighted by Gasteiger charge is 2.38. The molecule has 2 bridgehead atoms. The minimum atomic E-state index is -0.0415. The first-order valence-electron chi connectivity index (χ1n) is 8.21. The first kappa shape index (κ1) is 14.9. The second-order valence-electron chi connectivity index (χ2n) is 6.84. The summed E-state index contributed by atoms with van der Waals surface area (Å²) in [6, 6.07) is 7.25. The van der Waals surface area contributed by atoms with Crippen LogP contribution in [0.25, 0.3) is 0 Å². The van der Waals surface area contributed by atoms with E-state index in [-0.39, 0.29) is 5.91 Å². The van der Waals surface area contributed by atoms with E-state index >= 15 is 0 Å². The van der Waals surface area contributed by atoms with Gasteiger partial charge in [0.2, 0.25) is 0 Å². The molecule has 0 saturated heterocycles. The Morgan fingerprint density at radius 2 is 1.95 bits per heavy atom. The van der Waals surface area contributed by atoms with Crippen molar-refractivity contribution in [2.75, 3.05) is 6.54 Å². The van der Waals surface area contributed by atoms with E-state index in [1.165, 1.54) is 44.9 Å². The molecule has 3 heteroatoms. The first-order chi connectivity index (χ1) is 10.2. The molecule has 2 nitrogen and oxygen atoms in total. The van der Waals surface area contributed by atoms with Gasteiger partial charge in [0.15, 0.2) is 0 Å². The smallest absolute Gasteiger partial charge is 0.252 e. The molecule has 1 N–H and O–H groups in total. The molecule has 1 aromatic rings. The number of amides is 1. The van der Waals surface area contributed by atoms with E-state index in [0.717, 1.165) is 18.9 Å². The average molecular weight is 306 g/mol. The summed E-state index contributed by atoms with van der Waals surface area (Å²) in [4.78, 5) is 12.2. The van der Waals surface area contributed by atoms with Crippen molar-refractivity contribution in [3.05, 3.63) is 34.9 Å². The molecule has 0 heterocycles. The maximum absolute atomic E-state index is 12.2. The Morgan fingerprint density at radius 3 is 2.67 bits per heavy atom. The normalized spacial score (nSPS) is 28.1. The van der Waals surface area contributed by atoms with Crippen molar-refractivity contribution in [2.24, 2.45) is 11.3 Å². The molecular weight excluding hydrogens is 282 g/mol. The van der Waals surface area contributed by atoms with Crippen LogP contribution in [0.4, 0.5) is 0 Å². The number of nitrogens with one attached hydrogen (secondary N) is 1. The molecule has 114 valence electrons. The van der Waals surface area contributed by atoms with Crippen LogP contribution in [0.15, 0.2) is 24.3 Å². The quantitative estimate of drug-likeness (QED) is 0.849. The molecule has 0 atom stereocenters. The number of carbonyl (C=O) groups is 1. The third kappa shape index (κ3) is 3.42. The zero-order valence-corrected chi connectivity index (χ0v) is 13.3. The van der Waals surface area contributed by atoms with Gasteiger partial charge in [-0.05, 0) is 49.1 Å². The lowest BCUT2D eigenvalue weighted by molar-refractivity contribution is 0.0667. The summed E-state index contributed by atoms with van der Waals surface area (Å²) in [5.74, 6) is 0.909. The van der Waals surface area contributed by atoms with E-state index in [0.29, 0.717) is 16.0 Å². The van der Waals surface area contributed by atoms with Crippen molar-refractivity contribution in [3.8, 4) is 0 Å². The van der Waals surface area contributed by atoms with E-state index < -0.39 is 0 Å². The minimum absolute atomic E-state index is 0.0415. The Labute approximate surface area is 132 Å². The lowest BCUT2D eigenvalue weighted by Crippen LogP contribution is -2.36. The van der Waals surface area contributed by atoms with Crippen LogP contribution in [-0.2, 0) is 0 Å². The third-order valence-electron chi connectivity index (χ3n) is 5.42. The molecule has 3 rings (SSSR count). The Hall–Kier alpha value is -1.02. The van der Waals surface area contributed by atoms with Crippen LogP contribution in [0, 0.1) is 11.3 Å². The van der Waals surface area contributed by atoms with Gasteiger partial charge in [-0.15, -0.1) is 0 Å². The molecule has 2 aliphatic rings. The molecule has 2 aliphatic carbocycles. The highest BCUT2D eigenvalue weighted by molar-refractivity contribution is 6.33. The predicted molar refractivity (Wildman–Crippen MR) is 86.6 cm³/mol. The van der Waals surface area contributed by atoms with Crippen LogP contribution in [0.3, 0.4) is 0 Å². The van der Waals surface area contributed by atoms with Gasteiger partial charge < -0.3 is 5.32 Å². The van der Waals surface area contributed by atoms with E-state index in [2.05, 4.69) is 5.32 Å². The van der Waals surface area contributed by atoms with Gasteiger partial charge in [-0.3, -0.25) is 4.79 Å². The predicted octanol–water partition coefficient (Wildman–Crippen LogP) is 4.82. The molecule has 0 unspecified atom stereocenters. The number of hydrogen-bond donors (Lipinski definition) is 1. The zero-order chi connectivity index (χ0) is 14.7. The molecule has 1 amide bonds. The fraction of sp³-hybridized carbons (Fsp3) is 0.611. The highest BCUT2D eigenvalue weighted by atomic mass is 35.5. The summed E-state index contributed by atoms with van der Waals surface area (Å²) in [6.45, 7) is 0.775. The Balaban J connectivity index is 1.54. The van der Waals surface area contributed by atoms with Crippen LogP contribution < -0.4 is 5.32 Å². The summed E-state index contributed by atoms with van der Waals surface area (Å²) in [5, 5.41) is 3.59. The molecule has 2 saturated carbocycles. The Morgan fingerprint density at radius 1 is 1.24 bits per heavy atom. The molecule has 2 fully saturated rings. The number of fused-ring (bicyclic) bond motifs is 2. The molecule has 0 aliphatic heterocycles. The number of carbonyl (C=O) groups excluding carboxylic acids is 1. The van der Waals surface area contributed by atoms with Crippen molar-refractivity contribution in [2.45, 2.75) is 51.4 Å². The lowest BCUT2D eigenvalue weighted by Gasteiger charge is -2.45. The summed E-state index contributed by atoms with van der Waals surface area (Å²) >= 11 is 6.07. The topological polar surface area (TPSA) is 29.1 Å². The van der Waals surface area contributed by atoms with Gasteiger partial charge in [0, 0.05) is 6.54 Å². The van der Waals surface area contributed by atoms with Crippen LogP contribution in [0.2, 0.25) is 5.02 Å².